The van der Waals surface area contributed by atoms with E-state index in [1.807, 2.05) is 38.1 Å². The van der Waals surface area contributed by atoms with Gasteiger partial charge in [0.1, 0.15) is 5.75 Å². The Morgan fingerprint density at radius 3 is 2.60 bits per heavy atom. The van der Waals surface area contributed by atoms with Crippen molar-refractivity contribution >= 4 is 29.2 Å². The van der Waals surface area contributed by atoms with Crippen molar-refractivity contribution in [3.8, 4) is 5.75 Å². The van der Waals surface area contributed by atoms with Crippen molar-refractivity contribution in [2.24, 2.45) is 5.92 Å². The Morgan fingerprint density at radius 2 is 1.90 bits per heavy atom. The molecule has 2 atom stereocenters. The lowest BCUT2D eigenvalue weighted by Gasteiger charge is -2.20. The molecule has 7 nitrogen and oxygen atoms in total. The van der Waals surface area contributed by atoms with Crippen LogP contribution in [0.5, 0.6) is 5.75 Å². The van der Waals surface area contributed by atoms with Crippen LogP contribution in [0.1, 0.15) is 24.5 Å². The molecule has 7 heteroatoms. The van der Waals surface area contributed by atoms with Gasteiger partial charge in [-0.3, -0.25) is 14.4 Å². The Kier molecular flexibility index (Phi) is 6.40. The van der Waals surface area contributed by atoms with E-state index in [-0.39, 0.29) is 18.9 Å². The topological polar surface area (TPSA) is 84.9 Å². The molecule has 0 aromatic heterocycles. The Hall–Kier alpha value is -3.35. The largest absolute Gasteiger partial charge is 0.495 e. The summed E-state index contributed by atoms with van der Waals surface area (Å²) in [5, 5.41) is 2.78. The highest BCUT2D eigenvalue weighted by atomic mass is 16.5. The van der Waals surface area contributed by atoms with Gasteiger partial charge in [-0.2, -0.15) is 0 Å². The average molecular weight is 410 g/mol. The smallest absolute Gasteiger partial charge is 0.312 e. The molecule has 1 N–H and O–H groups in total. The van der Waals surface area contributed by atoms with Gasteiger partial charge in [-0.1, -0.05) is 29.8 Å². The minimum Gasteiger partial charge on any atom is -0.495 e. The molecule has 0 aliphatic carbocycles. The summed E-state index contributed by atoms with van der Waals surface area (Å²) in [7, 11) is 1.53. The van der Waals surface area contributed by atoms with Gasteiger partial charge >= 0.3 is 5.97 Å². The van der Waals surface area contributed by atoms with Crippen LogP contribution in [-0.4, -0.2) is 37.5 Å². The Balaban J connectivity index is 1.61. The lowest BCUT2D eigenvalue weighted by atomic mass is 10.1. The molecule has 30 heavy (non-hydrogen) atoms. The van der Waals surface area contributed by atoms with Crippen molar-refractivity contribution in [2.45, 2.75) is 33.3 Å². The van der Waals surface area contributed by atoms with Gasteiger partial charge in [0, 0.05) is 18.7 Å². The summed E-state index contributed by atoms with van der Waals surface area (Å²) in [5.41, 5.74) is 3.30. The number of rotatable bonds is 6. The first-order chi connectivity index (χ1) is 14.3. The van der Waals surface area contributed by atoms with Crippen molar-refractivity contribution in [1.82, 2.24) is 0 Å². The van der Waals surface area contributed by atoms with Gasteiger partial charge in [0.05, 0.1) is 18.7 Å². The second kappa shape index (κ2) is 8.98. The zero-order chi connectivity index (χ0) is 21.8. The van der Waals surface area contributed by atoms with Crippen molar-refractivity contribution in [3.05, 3.63) is 53.6 Å². The zero-order valence-electron chi connectivity index (χ0n) is 17.6. The first-order valence-electron chi connectivity index (χ1n) is 9.82. The fourth-order valence-corrected chi connectivity index (χ4v) is 3.46. The number of ether oxygens (including phenoxy) is 2. The first kappa shape index (κ1) is 21.4. The minimum absolute atomic E-state index is 0.0301. The van der Waals surface area contributed by atoms with Crippen LogP contribution in [0.4, 0.5) is 11.4 Å². The monoisotopic (exact) mass is 410 g/mol. The number of methoxy groups -OCH3 is 1. The predicted octanol–water partition coefficient (Wildman–Crippen LogP) is 3.24. The lowest BCUT2D eigenvalue weighted by Crippen LogP contribution is -2.33. The molecule has 1 aliphatic heterocycles. The van der Waals surface area contributed by atoms with Crippen molar-refractivity contribution in [1.29, 1.82) is 0 Å². The maximum Gasteiger partial charge on any atom is 0.312 e. The molecular formula is C23H26N2O5. The average Bonchev–Trinajstić information content (AvgIpc) is 3.11. The van der Waals surface area contributed by atoms with E-state index in [4.69, 9.17) is 9.47 Å². The van der Waals surface area contributed by atoms with Crippen LogP contribution in [0.15, 0.2) is 42.5 Å². The molecule has 158 valence electrons. The normalized spacial score (nSPS) is 16.9. The highest BCUT2D eigenvalue weighted by Crippen LogP contribution is 2.33. The quantitative estimate of drug-likeness (QED) is 0.739. The van der Waals surface area contributed by atoms with Crippen LogP contribution in [0.2, 0.25) is 0 Å². The number of anilines is 2. The molecule has 0 bridgehead atoms. The van der Waals surface area contributed by atoms with Crippen LogP contribution in [0.25, 0.3) is 0 Å². The molecule has 0 radical (unpaired) electrons. The second-order valence-electron chi connectivity index (χ2n) is 7.46. The third-order valence-electron chi connectivity index (χ3n) is 5.14. The maximum atomic E-state index is 12.6. The first-order valence-corrected chi connectivity index (χ1v) is 9.82. The van der Waals surface area contributed by atoms with Gasteiger partial charge in [-0.15, -0.1) is 0 Å². The van der Waals surface area contributed by atoms with Crippen LogP contribution in [0.3, 0.4) is 0 Å². The van der Waals surface area contributed by atoms with Gasteiger partial charge in [0.2, 0.25) is 5.91 Å². The molecule has 2 amide bonds. The van der Waals surface area contributed by atoms with Crippen LogP contribution in [-0.2, 0) is 19.1 Å². The van der Waals surface area contributed by atoms with E-state index < -0.39 is 23.9 Å². The number of esters is 1. The molecule has 1 heterocycles. The summed E-state index contributed by atoms with van der Waals surface area (Å²) < 4.78 is 10.7. The van der Waals surface area contributed by atoms with Crippen molar-refractivity contribution < 1.29 is 23.9 Å². The molecular weight excluding hydrogens is 384 g/mol. The molecule has 2 aromatic rings. The number of carbonyl (C=O) groups excluding carboxylic acids is 3. The standard InChI is InChI=1S/C23H26N2O5/c1-14-9-10-18(15(2)11-14)24-22(27)16(3)30-23(28)17-12-21(26)25(13-17)19-7-5-6-8-20(19)29-4/h5-11,16-17H,12-13H2,1-4H3,(H,24,27)/t16-,17-/m0/s1. The van der Waals surface area contributed by atoms with Gasteiger partial charge in [0.15, 0.2) is 6.10 Å². The van der Waals surface area contributed by atoms with E-state index in [1.165, 1.54) is 18.9 Å². The van der Waals surface area contributed by atoms with Gasteiger partial charge in [0.25, 0.3) is 5.91 Å². The molecule has 3 rings (SSSR count). The van der Waals surface area contributed by atoms with E-state index in [1.54, 1.807) is 18.2 Å². The maximum absolute atomic E-state index is 12.6. The third kappa shape index (κ3) is 4.62. The molecule has 0 saturated carbocycles. The van der Waals surface area contributed by atoms with Crippen molar-refractivity contribution in [3.63, 3.8) is 0 Å². The van der Waals surface area contributed by atoms with Crippen LogP contribution < -0.4 is 15.0 Å². The number of carbonyl (C=O) groups is 3. The summed E-state index contributed by atoms with van der Waals surface area (Å²) in [4.78, 5) is 39.0. The zero-order valence-corrected chi connectivity index (χ0v) is 17.6. The summed E-state index contributed by atoms with van der Waals surface area (Å²) in [5.74, 6) is -1.25. The lowest BCUT2D eigenvalue weighted by molar-refractivity contribution is -0.157. The number of amides is 2. The molecule has 1 fully saturated rings. The molecule has 1 saturated heterocycles. The summed E-state index contributed by atoms with van der Waals surface area (Å²) in [6, 6.07) is 12.8. The number of hydrogen-bond donors (Lipinski definition) is 1. The number of nitrogens with one attached hydrogen (secondary N) is 1. The van der Waals surface area contributed by atoms with Crippen molar-refractivity contribution in [2.75, 3.05) is 23.9 Å². The van der Waals surface area contributed by atoms with E-state index >= 15 is 0 Å². The van der Waals surface area contributed by atoms with E-state index in [9.17, 15) is 14.4 Å². The highest BCUT2D eigenvalue weighted by molar-refractivity contribution is 6.01. The van der Waals surface area contributed by atoms with Gasteiger partial charge in [-0.25, -0.2) is 0 Å². The Bertz CT molecular complexity index is 972. The summed E-state index contributed by atoms with van der Waals surface area (Å²) in [6.45, 7) is 5.57. The molecule has 0 unspecified atom stereocenters. The fourth-order valence-electron chi connectivity index (χ4n) is 3.46. The summed E-state index contributed by atoms with van der Waals surface area (Å²) >= 11 is 0. The third-order valence-corrected chi connectivity index (χ3v) is 5.14. The fraction of sp³-hybridized carbons (Fsp3) is 0.348. The minimum atomic E-state index is -0.978. The number of aryl methyl sites for hydroxylation is 2. The number of benzene rings is 2. The summed E-state index contributed by atoms with van der Waals surface area (Å²) in [6.07, 6.45) is -0.948. The van der Waals surface area contributed by atoms with Gasteiger partial charge < -0.3 is 19.7 Å². The molecule has 0 spiro atoms. The SMILES string of the molecule is COc1ccccc1N1C[C@@H](C(=O)O[C@@H](C)C(=O)Nc2ccc(C)cc2C)CC1=O. The Labute approximate surface area is 176 Å². The highest BCUT2D eigenvalue weighted by Gasteiger charge is 2.38. The number of para-hydroxylation sites is 2. The Morgan fingerprint density at radius 1 is 1.17 bits per heavy atom. The molecule has 1 aliphatic rings. The predicted molar refractivity (Wildman–Crippen MR) is 114 cm³/mol. The molecule has 2 aromatic carbocycles. The second-order valence-corrected chi connectivity index (χ2v) is 7.46. The van der Waals surface area contributed by atoms with Gasteiger partial charge in [-0.05, 0) is 44.5 Å². The van der Waals surface area contributed by atoms with E-state index in [2.05, 4.69) is 5.32 Å². The van der Waals surface area contributed by atoms with Crippen LogP contribution in [0, 0.1) is 19.8 Å². The number of hydrogen-bond acceptors (Lipinski definition) is 5. The van der Waals surface area contributed by atoms with Crippen LogP contribution >= 0.6 is 0 Å². The van der Waals surface area contributed by atoms with E-state index in [0.717, 1.165) is 11.1 Å². The van der Waals surface area contributed by atoms with E-state index in [0.29, 0.717) is 17.1 Å². The number of nitrogens with zero attached hydrogens (tertiary/aromatic N) is 1.